The highest BCUT2D eigenvalue weighted by Gasteiger charge is 2.14. The minimum Gasteiger partial charge on any atom is -0.311 e. The van der Waals surface area contributed by atoms with Crippen LogP contribution in [-0.2, 0) is 17.8 Å². The van der Waals surface area contributed by atoms with Crippen molar-refractivity contribution in [2.75, 3.05) is 5.32 Å². The van der Waals surface area contributed by atoms with Crippen LogP contribution in [0.3, 0.4) is 0 Å². The van der Waals surface area contributed by atoms with Crippen molar-refractivity contribution in [2.24, 2.45) is 0 Å². The van der Waals surface area contributed by atoms with E-state index in [1.54, 1.807) is 10.9 Å². The van der Waals surface area contributed by atoms with Crippen molar-refractivity contribution < 1.29 is 4.79 Å². The number of fused-ring (bicyclic) bond motifs is 1. The Morgan fingerprint density at radius 3 is 2.67 bits per heavy atom. The van der Waals surface area contributed by atoms with Gasteiger partial charge < -0.3 is 5.32 Å². The van der Waals surface area contributed by atoms with E-state index in [0.29, 0.717) is 25.2 Å². The molecule has 0 saturated carbocycles. The predicted octanol–water partition coefficient (Wildman–Crippen LogP) is 4.23. The number of halogens is 1. The lowest BCUT2D eigenvalue weighted by Gasteiger charge is -2.12. The van der Waals surface area contributed by atoms with Gasteiger partial charge in [0, 0.05) is 34.4 Å². The van der Waals surface area contributed by atoms with E-state index in [1.807, 2.05) is 61.7 Å². The molecule has 1 aromatic carbocycles. The number of nitrogens with one attached hydrogen (secondary N) is 1. The number of hydrogen-bond donors (Lipinski definition) is 1. The van der Waals surface area contributed by atoms with E-state index in [9.17, 15) is 4.79 Å². The molecular formula is C22H23BrN6O. The molecule has 0 saturated heterocycles. The molecule has 0 fully saturated rings. The van der Waals surface area contributed by atoms with Gasteiger partial charge in [0.25, 0.3) is 0 Å². The van der Waals surface area contributed by atoms with E-state index in [-0.39, 0.29) is 5.91 Å². The third kappa shape index (κ3) is 4.28. The fourth-order valence-electron chi connectivity index (χ4n) is 3.57. The minimum atomic E-state index is -0.0527. The first-order chi connectivity index (χ1) is 14.4. The average molecular weight is 467 g/mol. The van der Waals surface area contributed by atoms with Gasteiger partial charge in [-0.05, 0) is 50.5 Å². The highest BCUT2D eigenvalue weighted by atomic mass is 79.9. The average Bonchev–Trinajstić information content (AvgIpc) is 3.29. The molecule has 0 atom stereocenters. The van der Waals surface area contributed by atoms with Gasteiger partial charge in [-0.1, -0.05) is 28.1 Å². The highest BCUT2D eigenvalue weighted by Crippen LogP contribution is 2.18. The third-order valence-corrected chi connectivity index (χ3v) is 5.65. The number of amides is 1. The zero-order valence-corrected chi connectivity index (χ0v) is 18.8. The summed E-state index contributed by atoms with van der Waals surface area (Å²) in [7, 11) is 0. The van der Waals surface area contributed by atoms with Gasteiger partial charge in [0.15, 0.2) is 5.65 Å². The molecule has 3 aromatic heterocycles. The summed E-state index contributed by atoms with van der Waals surface area (Å²) in [5.41, 5.74) is 5.90. The van der Waals surface area contributed by atoms with Crippen LogP contribution in [0.25, 0.3) is 5.65 Å². The number of hydrogen-bond acceptors (Lipinski definition) is 4. The molecule has 0 aliphatic carbocycles. The van der Waals surface area contributed by atoms with Gasteiger partial charge in [-0.25, -0.2) is 14.2 Å². The van der Waals surface area contributed by atoms with Crippen LogP contribution in [-0.4, -0.2) is 30.3 Å². The van der Waals surface area contributed by atoms with Gasteiger partial charge >= 0.3 is 0 Å². The number of nitrogens with zero attached hydrogens (tertiary/aromatic N) is 5. The van der Waals surface area contributed by atoms with Gasteiger partial charge in [0.2, 0.25) is 5.91 Å². The van der Waals surface area contributed by atoms with Crippen LogP contribution in [0.2, 0.25) is 0 Å². The Morgan fingerprint density at radius 1 is 1.13 bits per heavy atom. The normalized spacial score (nSPS) is 11.2. The van der Waals surface area contributed by atoms with E-state index in [2.05, 4.69) is 36.4 Å². The van der Waals surface area contributed by atoms with Crippen LogP contribution in [0.4, 0.5) is 5.82 Å². The number of carbonyl (C=O) groups excluding carboxylic acids is 1. The lowest BCUT2D eigenvalue weighted by molar-refractivity contribution is -0.116. The second-order valence-corrected chi connectivity index (χ2v) is 8.28. The summed E-state index contributed by atoms with van der Waals surface area (Å²) in [6, 6.07) is 11.8. The van der Waals surface area contributed by atoms with E-state index < -0.39 is 0 Å². The molecule has 30 heavy (non-hydrogen) atoms. The van der Waals surface area contributed by atoms with Crippen LogP contribution < -0.4 is 5.32 Å². The third-order valence-electron chi connectivity index (χ3n) is 5.12. The van der Waals surface area contributed by atoms with Crippen molar-refractivity contribution in [3.8, 4) is 0 Å². The Bertz CT molecular complexity index is 1210. The first-order valence-corrected chi connectivity index (χ1v) is 10.6. The molecule has 0 unspecified atom stereocenters. The zero-order valence-electron chi connectivity index (χ0n) is 17.2. The molecule has 154 valence electrons. The zero-order chi connectivity index (χ0) is 21.3. The lowest BCUT2D eigenvalue weighted by atomic mass is 10.1. The number of benzene rings is 1. The van der Waals surface area contributed by atoms with Crippen molar-refractivity contribution in [1.82, 2.24) is 24.4 Å². The number of anilines is 1. The summed E-state index contributed by atoms with van der Waals surface area (Å²) < 4.78 is 4.67. The summed E-state index contributed by atoms with van der Waals surface area (Å²) in [5.74, 6) is 0.635. The van der Waals surface area contributed by atoms with Crippen molar-refractivity contribution in [3.63, 3.8) is 0 Å². The Kier molecular flexibility index (Phi) is 5.67. The minimum absolute atomic E-state index is 0.0527. The van der Waals surface area contributed by atoms with Crippen LogP contribution in [0.15, 0.2) is 47.1 Å². The predicted molar refractivity (Wildman–Crippen MR) is 120 cm³/mol. The number of rotatable bonds is 6. The van der Waals surface area contributed by atoms with Gasteiger partial charge in [-0.2, -0.15) is 10.2 Å². The molecule has 4 rings (SSSR count). The van der Waals surface area contributed by atoms with Crippen LogP contribution in [0.1, 0.15) is 34.6 Å². The monoisotopic (exact) mass is 466 g/mol. The maximum atomic E-state index is 12.6. The molecule has 7 nitrogen and oxygen atoms in total. The van der Waals surface area contributed by atoms with E-state index in [0.717, 1.165) is 38.3 Å². The lowest BCUT2D eigenvalue weighted by Crippen LogP contribution is -2.17. The quantitative estimate of drug-likeness (QED) is 0.461. The van der Waals surface area contributed by atoms with Gasteiger partial charge in [-0.3, -0.25) is 4.79 Å². The first kappa shape index (κ1) is 20.3. The Balaban J connectivity index is 1.43. The maximum Gasteiger partial charge on any atom is 0.225 e. The number of aryl methyl sites for hydroxylation is 3. The summed E-state index contributed by atoms with van der Waals surface area (Å²) >= 11 is 3.44. The second kappa shape index (κ2) is 8.39. The molecule has 0 bridgehead atoms. The first-order valence-electron chi connectivity index (χ1n) is 9.79. The summed E-state index contributed by atoms with van der Waals surface area (Å²) in [6.07, 6.45) is 2.66. The molecule has 0 radical (unpaired) electrons. The van der Waals surface area contributed by atoms with Crippen molar-refractivity contribution >= 4 is 33.3 Å². The van der Waals surface area contributed by atoms with Crippen molar-refractivity contribution in [2.45, 2.75) is 40.2 Å². The van der Waals surface area contributed by atoms with Crippen molar-refractivity contribution in [1.29, 1.82) is 0 Å². The van der Waals surface area contributed by atoms with Crippen LogP contribution in [0, 0.1) is 20.8 Å². The van der Waals surface area contributed by atoms with Crippen LogP contribution in [0.5, 0.6) is 0 Å². The smallest absolute Gasteiger partial charge is 0.225 e. The van der Waals surface area contributed by atoms with Crippen molar-refractivity contribution in [3.05, 3.63) is 75.3 Å². The molecule has 0 aliphatic heterocycles. The van der Waals surface area contributed by atoms with Crippen LogP contribution >= 0.6 is 15.9 Å². The van der Waals surface area contributed by atoms with E-state index >= 15 is 0 Å². The Labute approximate surface area is 183 Å². The SMILES string of the molecule is Cc1cc2nc(C)c(CCC(=O)Nc3ccnn3Cc3ccc(Br)cc3)c(C)n2n1. The second-order valence-electron chi connectivity index (χ2n) is 7.37. The molecule has 1 amide bonds. The number of aromatic nitrogens is 5. The molecule has 3 heterocycles. The topological polar surface area (TPSA) is 77.1 Å². The summed E-state index contributed by atoms with van der Waals surface area (Å²) in [4.78, 5) is 17.3. The fourth-order valence-corrected chi connectivity index (χ4v) is 3.84. The van der Waals surface area contributed by atoms with Gasteiger partial charge in [-0.15, -0.1) is 0 Å². The van der Waals surface area contributed by atoms with E-state index in [4.69, 9.17) is 0 Å². The highest BCUT2D eigenvalue weighted by molar-refractivity contribution is 9.10. The molecule has 8 heteroatoms. The number of carbonyl (C=O) groups is 1. The Hall–Kier alpha value is -3.00. The fraction of sp³-hybridized carbons (Fsp3) is 0.273. The molecule has 0 spiro atoms. The molecule has 1 N–H and O–H groups in total. The molecule has 0 aliphatic rings. The standard InChI is InChI=1S/C22H23BrN6O/c1-14-12-21-25-15(2)19(16(3)29(21)27-14)8-9-22(30)26-20-10-11-24-28(20)13-17-4-6-18(23)7-5-17/h4-7,10-12H,8-9,13H2,1-3H3,(H,26,30). The van der Waals surface area contributed by atoms with Gasteiger partial charge in [0.05, 0.1) is 18.4 Å². The van der Waals surface area contributed by atoms with Gasteiger partial charge in [0.1, 0.15) is 5.82 Å². The maximum absolute atomic E-state index is 12.6. The summed E-state index contributed by atoms with van der Waals surface area (Å²) in [5, 5.41) is 11.8. The largest absolute Gasteiger partial charge is 0.311 e. The Morgan fingerprint density at radius 2 is 1.90 bits per heavy atom. The summed E-state index contributed by atoms with van der Waals surface area (Å²) in [6.45, 7) is 6.55. The van der Waals surface area contributed by atoms with E-state index in [1.165, 1.54) is 0 Å². The molecule has 4 aromatic rings. The molecular weight excluding hydrogens is 444 g/mol.